The molecule has 0 bridgehead atoms. The van der Waals surface area contributed by atoms with Gasteiger partial charge in [-0.2, -0.15) is 0 Å². The highest BCUT2D eigenvalue weighted by Crippen LogP contribution is 2.32. The molecule has 0 atom stereocenters. The summed E-state index contributed by atoms with van der Waals surface area (Å²) in [7, 11) is 0. The maximum Gasteiger partial charge on any atom is 0.227 e. The summed E-state index contributed by atoms with van der Waals surface area (Å²) in [6, 6.07) is 28.9. The Morgan fingerprint density at radius 1 is 0.640 bits per heavy atom. The van der Waals surface area contributed by atoms with Gasteiger partial charge in [0.25, 0.3) is 0 Å². The minimum Gasteiger partial charge on any atom is -0.436 e. The van der Waals surface area contributed by atoms with Crippen molar-refractivity contribution in [3.8, 4) is 33.9 Å². The lowest BCUT2D eigenvalue weighted by Crippen LogP contribution is -1.83. The molecule has 0 N–H and O–H groups in total. The van der Waals surface area contributed by atoms with Gasteiger partial charge >= 0.3 is 0 Å². The molecule has 0 fully saturated rings. The molecule has 0 aliphatic rings. The van der Waals surface area contributed by atoms with E-state index in [1.54, 1.807) is 0 Å². The molecule has 0 saturated carbocycles. The van der Waals surface area contributed by atoms with E-state index in [0.29, 0.717) is 5.89 Å². The molecule has 0 spiro atoms. The second-order valence-electron chi connectivity index (χ2n) is 5.74. The van der Waals surface area contributed by atoms with Crippen LogP contribution in [0, 0.1) is 0 Å². The Morgan fingerprint density at radius 3 is 1.76 bits per heavy atom. The average molecular weight is 437 g/mol. The first-order chi connectivity index (χ1) is 12.3. The van der Waals surface area contributed by atoms with Crippen LogP contribution in [0.2, 0.25) is 0 Å². The van der Waals surface area contributed by atoms with E-state index in [0.717, 1.165) is 27.0 Å². The van der Waals surface area contributed by atoms with Crippen LogP contribution in [-0.2, 0) is 4.43 Å². The summed E-state index contributed by atoms with van der Waals surface area (Å²) < 4.78 is 6.92. The van der Waals surface area contributed by atoms with Crippen LogP contribution in [0.5, 0.6) is 0 Å². The lowest BCUT2D eigenvalue weighted by Gasteiger charge is -2.03. The third-order valence-electron chi connectivity index (χ3n) is 4.10. The van der Waals surface area contributed by atoms with Crippen LogP contribution >= 0.6 is 22.6 Å². The number of aromatic nitrogens is 1. The van der Waals surface area contributed by atoms with E-state index in [4.69, 9.17) is 4.42 Å². The molecule has 0 saturated heterocycles. The molecule has 2 nitrogen and oxygen atoms in total. The van der Waals surface area contributed by atoms with Crippen LogP contribution in [0.15, 0.2) is 89.3 Å². The number of hydrogen-bond acceptors (Lipinski definition) is 2. The number of halogens is 1. The Kier molecular flexibility index (Phi) is 4.65. The van der Waals surface area contributed by atoms with Gasteiger partial charge in [0.05, 0.1) is 5.69 Å². The monoisotopic (exact) mass is 437 g/mol. The van der Waals surface area contributed by atoms with Crippen molar-refractivity contribution >= 4 is 22.6 Å². The summed E-state index contributed by atoms with van der Waals surface area (Å²) >= 11 is 2.33. The molecule has 0 radical (unpaired) electrons. The van der Waals surface area contributed by atoms with Gasteiger partial charge in [0, 0.05) is 15.6 Å². The van der Waals surface area contributed by atoms with Crippen molar-refractivity contribution in [3.63, 3.8) is 0 Å². The summed E-state index contributed by atoms with van der Waals surface area (Å²) in [6.07, 6.45) is 0. The van der Waals surface area contributed by atoms with E-state index in [9.17, 15) is 0 Å². The first-order valence-corrected chi connectivity index (χ1v) is 9.64. The van der Waals surface area contributed by atoms with E-state index < -0.39 is 0 Å². The largest absolute Gasteiger partial charge is 0.436 e. The molecule has 25 heavy (non-hydrogen) atoms. The van der Waals surface area contributed by atoms with Crippen LogP contribution in [0.3, 0.4) is 0 Å². The minimum atomic E-state index is 0.675. The molecule has 1 aromatic heterocycles. The third kappa shape index (κ3) is 3.37. The zero-order chi connectivity index (χ0) is 17.1. The van der Waals surface area contributed by atoms with Gasteiger partial charge in [0.2, 0.25) is 5.89 Å². The second kappa shape index (κ2) is 7.23. The molecule has 122 valence electrons. The fraction of sp³-hybridized carbons (Fsp3) is 0.0455. The number of nitrogens with zero attached hydrogens (tertiary/aromatic N) is 1. The number of rotatable bonds is 4. The van der Waals surface area contributed by atoms with Crippen molar-refractivity contribution < 1.29 is 4.42 Å². The summed E-state index contributed by atoms with van der Waals surface area (Å²) in [6.45, 7) is 0. The highest BCUT2D eigenvalue weighted by molar-refractivity contribution is 14.1. The third-order valence-corrected chi connectivity index (χ3v) is 4.82. The molecule has 4 rings (SSSR count). The molecule has 0 aliphatic heterocycles. The quantitative estimate of drug-likeness (QED) is 0.265. The SMILES string of the molecule is ICc1nc(-c2ccccc2)oc1-c1ccc(-c2ccccc2)cc1. The molecular formula is C22H16INO. The highest BCUT2D eigenvalue weighted by Gasteiger charge is 2.15. The molecule has 0 amide bonds. The van der Waals surface area contributed by atoms with Gasteiger partial charge in [0.15, 0.2) is 5.76 Å². The Morgan fingerprint density at radius 2 is 1.16 bits per heavy atom. The average Bonchev–Trinajstić information content (AvgIpc) is 3.14. The van der Waals surface area contributed by atoms with Crippen LogP contribution in [-0.4, -0.2) is 4.98 Å². The van der Waals surface area contributed by atoms with Crippen LogP contribution in [0.1, 0.15) is 5.69 Å². The predicted molar refractivity (Wildman–Crippen MR) is 111 cm³/mol. The maximum atomic E-state index is 6.11. The molecular weight excluding hydrogens is 421 g/mol. The van der Waals surface area contributed by atoms with Gasteiger partial charge in [-0.25, -0.2) is 4.98 Å². The zero-order valence-corrected chi connectivity index (χ0v) is 15.7. The molecule has 3 aromatic carbocycles. The van der Waals surface area contributed by atoms with Gasteiger partial charge in [0.1, 0.15) is 0 Å². The fourth-order valence-corrected chi connectivity index (χ4v) is 3.33. The van der Waals surface area contributed by atoms with Gasteiger partial charge in [-0.3, -0.25) is 0 Å². The first kappa shape index (κ1) is 16.1. The minimum absolute atomic E-state index is 0.675. The van der Waals surface area contributed by atoms with Gasteiger partial charge in [-0.05, 0) is 23.3 Å². The second-order valence-corrected chi connectivity index (χ2v) is 6.50. The smallest absolute Gasteiger partial charge is 0.227 e. The molecule has 3 heteroatoms. The van der Waals surface area contributed by atoms with Crippen molar-refractivity contribution in [2.75, 3.05) is 0 Å². The number of benzene rings is 3. The topological polar surface area (TPSA) is 26.0 Å². The van der Waals surface area contributed by atoms with E-state index in [1.165, 1.54) is 11.1 Å². The molecule has 0 unspecified atom stereocenters. The van der Waals surface area contributed by atoms with E-state index in [-0.39, 0.29) is 0 Å². The normalized spacial score (nSPS) is 10.8. The number of hydrogen-bond donors (Lipinski definition) is 0. The first-order valence-electron chi connectivity index (χ1n) is 8.12. The van der Waals surface area contributed by atoms with Crippen molar-refractivity contribution in [1.29, 1.82) is 0 Å². The fourth-order valence-electron chi connectivity index (χ4n) is 2.82. The number of oxazole rings is 1. The standard InChI is InChI=1S/C22H16INO/c23-15-20-21(25-22(24-20)19-9-5-2-6-10-19)18-13-11-17(12-14-18)16-7-3-1-4-8-16/h1-14H,15H2. The highest BCUT2D eigenvalue weighted by atomic mass is 127. The van der Waals surface area contributed by atoms with Crippen molar-refractivity contribution in [2.45, 2.75) is 4.43 Å². The van der Waals surface area contributed by atoms with Gasteiger partial charge in [-0.15, -0.1) is 0 Å². The van der Waals surface area contributed by atoms with E-state index in [2.05, 4.69) is 76.1 Å². The predicted octanol–water partition coefficient (Wildman–Crippen LogP) is 6.61. The summed E-state index contributed by atoms with van der Waals surface area (Å²) in [5.41, 5.74) is 5.45. The Hall–Kier alpha value is -2.40. The summed E-state index contributed by atoms with van der Waals surface area (Å²) in [4.78, 5) is 4.68. The Labute approximate surface area is 160 Å². The number of alkyl halides is 1. The maximum absolute atomic E-state index is 6.11. The Bertz CT molecular complexity index is 960. The van der Waals surface area contributed by atoms with Crippen LogP contribution in [0.4, 0.5) is 0 Å². The molecule has 4 aromatic rings. The van der Waals surface area contributed by atoms with Crippen LogP contribution in [0.25, 0.3) is 33.9 Å². The van der Waals surface area contributed by atoms with Crippen molar-refractivity contribution in [3.05, 3.63) is 90.6 Å². The lowest BCUT2D eigenvalue weighted by molar-refractivity contribution is 0.588. The van der Waals surface area contributed by atoms with Crippen molar-refractivity contribution in [1.82, 2.24) is 4.98 Å². The Balaban J connectivity index is 1.71. The molecule has 1 heterocycles. The van der Waals surface area contributed by atoms with E-state index >= 15 is 0 Å². The van der Waals surface area contributed by atoms with Gasteiger partial charge in [-0.1, -0.05) is 95.4 Å². The van der Waals surface area contributed by atoms with E-state index in [1.807, 2.05) is 36.4 Å². The summed E-state index contributed by atoms with van der Waals surface area (Å²) in [5.74, 6) is 1.53. The van der Waals surface area contributed by atoms with Crippen molar-refractivity contribution in [2.24, 2.45) is 0 Å². The zero-order valence-electron chi connectivity index (χ0n) is 13.5. The molecule has 0 aliphatic carbocycles. The van der Waals surface area contributed by atoms with Gasteiger partial charge < -0.3 is 4.42 Å². The van der Waals surface area contributed by atoms with Crippen LogP contribution < -0.4 is 0 Å². The lowest BCUT2D eigenvalue weighted by atomic mass is 10.0. The summed E-state index contributed by atoms with van der Waals surface area (Å²) in [5, 5.41) is 0.